The zero-order valence-corrected chi connectivity index (χ0v) is 18.5. The minimum Gasteiger partial charge on any atom is -0.378 e. The van der Waals surface area contributed by atoms with Crippen LogP contribution in [0.15, 0.2) is 54.6 Å². The Kier molecular flexibility index (Phi) is 4.42. The highest BCUT2D eigenvalue weighted by Gasteiger charge is 2.27. The Morgan fingerprint density at radius 2 is 1.36 bits per heavy atom. The summed E-state index contributed by atoms with van der Waals surface area (Å²) in [6, 6.07) is 19.5. The third-order valence-corrected chi connectivity index (χ3v) is 7.07. The standard InChI is InChI=1S/C27H26N4O2/c1-3-7-20-18(5-1)24-22(30-9-13-32-14-10-30)17-23(31-11-15-33-16-12-31)25-19-6-2-4-8-21(19)29-27(25)26(24)28-20/h1-8,17,28H,9-16H2. The van der Waals surface area contributed by atoms with Crippen molar-refractivity contribution in [2.45, 2.75) is 0 Å². The number of benzene rings is 2. The molecule has 6 nitrogen and oxygen atoms in total. The van der Waals surface area contributed by atoms with E-state index in [1.165, 1.54) is 33.1 Å². The summed E-state index contributed by atoms with van der Waals surface area (Å²) in [4.78, 5) is 13.9. The van der Waals surface area contributed by atoms with E-state index in [2.05, 4.69) is 69.4 Å². The Bertz CT molecular complexity index is 1450. The second kappa shape index (κ2) is 7.61. The van der Waals surface area contributed by atoms with Gasteiger partial charge < -0.3 is 24.3 Å². The average Bonchev–Trinajstić information content (AvgIpc) is 3.41. The molecule has 1 aromatic heterocycles. The molecule has 0 spiro atoms. The molecule has 0 bridgehead atoms. The van der Waals surface area contributed by atoms with Crippen molar-refractivity contribution in [3.05, 3.63) is 54.6 Å². The number of para-hydroxylation sites is 2. The van der Waals surface area contributed by atoms with Crippen LogP contribution in [0.3, 0.4) is 0 Å². The minimum atomic E-state index is 0.750. The van der Waals surface area contributed by atoms with Crippen molar-refractivity contribution in [3.63, 3.8) is 0 Å². The molecule has 4 aliphatic rings. The minimum absolute atomic E-state index is 0.750. The quantitative estimate of drug-likeness (QED) is 0.435. The SMILES string of the molecule is c1ccc2c3c(N4CCOCC4)cc(N4CCOCC4)c4c([nH]c5ccccc54)c-3nc2c1. The maximum Gasteiger partial charge on any atom is 0.0979 e. The smallest absolute Gasteiger partial charge is 0.0979 e. The van der Waals surface area contributed by atoms with E-state index in [9.17, 15) is 0 Å². The van der Waals surface area contributed by atoms with Gasteiger partial charge in [0.2, 0.25) is 0 Å². The van der Waals surface area contributed by atoms with Crippen molar-refractivity contribution in [2.75, 3.05) is 62.4 Å². The fraction of sp³-hybridized carbons (Fsp3) is 0.296. The summed E-state index contributed by atoms with van der Waals surface area (Å²) in [7, 11) is 0. The van der Waals surface area contributed by atoms with Crippen molar-refractivity contribution in [1.29, 1.82) is 0 Å². The van der Waals surface area contributed by atoms with Crippen LogP contribution in [0.2, 0.25) is 0 Å². The van der Waals surface area contributed by atoms with Gasteiger partial charge in [-0.2, -0.15) is 0 Å². The van der Waals surface area contributed by atoms with Crippen LogP contribution < -0.4 is 9.80 Å². The van der Waals surface area contributed by atoms with Crippen molar-refractivity contribution < 1.29 is 9.47 Å². The van der Waals surface area contributed by atoms with Crippen LogP contribution in [-0.2, 0) is 9.47 Å². The van der Waals surface area contributed by atoms with Crippen molar-refractivity contribution in [2.24, 2.45) is 0 Å². The third-order valence-electron chi connectivity index (χ3n) is 7.07. The number of anilines is 2. The highest BCUT2D eigenvalue weighted by Crippen LogP contribution is 2.47. The molecule has 2 fully saturated rings. The monoisotopic (exact) mass is 438 g/mol. The number of aromatic nitrogens is 2. The van der Waals surface area contributed by atoms with Crippen molar-refractivity contribution >= 4 is 44.1 Å². The lowest BCUT2D eigenvalue weighted by Crippen LogP contribution is -2.37. The lowest BCUT2D eigenvalue weighted by atomic mass is 10.1. The predicted molar refractivity (Wildman–Crippen MR) is 134 cm³/mol. The van der Waals surface area contributed by atoms with E-state index in [0.29, 0.717) is 0 Å². The van der Waals surface area contributed by atoms with Crippen LogP contribution in [0.4, 0.5) is 11.4 Å². The largest absolute Gasteiger partial charge is 0.378 e. The fourth-order valence-corrected chi connectivity index (χ4v) is 5.49. The maximum atomic E-state index is 5.70. The lowest BCUT2D eigenvalue weighted by Gasteiger charge is -2.32. The van der Waals surface area contributed by atoms with Crippen LogP contribution in [0.1, 0.15) is 0 Å². The first kappa shape index (κ1) is 19.1. The van der Waals surface area contributed by atoms with Gasteiger partial charge in [-0.1, -0.05) is 36.4 Å². The molecular formula is C27H26N4O2. The van der Waals surface area contributed by atoms with Gasteiger partial charge in [-0.25, -0.2) is 4.98 Å². The zero-order chi connectivity index (χ0) is 21.8. The molecule has 33 heavy (non-hydrogen) atoms. The molecule has 0 unspecified atom stereocenters. The maximum absolute atomic E-state index is 5.70. The number of rotatable bonds is 2. The molecule has 2 aromatic carbocycles. The zero-order valence-electron chi connectivity index (χ0n) is 18.5. The lowest BCUT2D eigenvalue weighted by molar-refractivity contribution is 0.122. The van der Waals surface area contributed by atoms with E-state index in [-0.39, 0.29) is 0 Å². The van der Waals surface area contributed by atoms with Crippen LogP contribution in [0.25, 0.3) is 44.0 Å². The van der Waals surface area contributed by atoms with E-state index in [1.54, 1.807) is 0 Å². The summed E-state index contributed by atoms with van der Waals surface area (Å²) < 4.78 is 11.4. The molecule has 0 atom stereocenters. The molecule has 4 heterocycles. The topological polar surface area (TPSA) is 53.6 Å². The molecule has 1 aliphatic carbocycles. The number of nitrogens with zero attached hydrogens (tertiary/aromatic N) is 3. The number of aromatic amines is 1. The van der Waals surface area contributed by atoms with Gasteiger partial charge in [0.05, 0.1) is 43.2 Å². The fourth-order valence-electron chi connectivity index (χ4n) is 5.49. The Hall–Kier alpha value is -3.35. The Morgan fingerprint density at radius 3 is 2.12 bits per heavy atom. The van der Waals surface area contributed by atoms with Gasteiger partial charge in [0.25, 0.3) is 0 Å². The van der Waals surface area contributed by atoms with Gasteiger partial charge in [-0.15, -0.1) is 0 Å². The summed E-state index contributed by atoms with van der Waals surface area (Å²) in [6.45, 7) is 6.55. The van der Waals surface area contributed by atoms with E-state index < -0.39 is 0 Å². The molecular weight excluding hydrogens is 412 g/mol. The van der Waals surface area contributed by atoms with Crippen LogP contribution >= 0.6 is 0 Å². The summed E-state index contributed by atoms with van der Waals surface area (Å²) in [5.74, 6) is 0. The number of H-pyrrole nitrogens is 1. The molecule has 3 aromatic rings. The number of hydrogen-bond acceptors (Lipinski definition) is 5. The first-order valence-electron chi connectivity index (χ1n) is 11.8. The Labute approximate surface area is 192 Å². The molecule has 0 saturated carbocycles. The number of nitrogens with one attached hydrogen (secondary N) is 1. The number of morpholine rings is 2. The van der Waals surface area contributed by atoms with Crippen LogP contribution in [0, 0.1) is 0 Å². The van der Waals surface area contributed by atoms with Gasteiger partial charge in [0, 0.05) is 64.8 Å². The normalized spacial score (nSPS) is 17.6. The van der Waals surface area contributed by atoms with Gasteiger partial charge in [0.15, 0.2) is 0 Å². The summed E-state index contributed by atoms with van der Waals surface area (Å²) in [5.41, 5.74) is 8.08. The highest BCUT2D eigenvalue weighted by molar-refractivity contribution is 6.21. The van der Waals surface area contributed by atoms with E-state index in [4.69, 9.17) is 14.5 Å². The molecule has 3 aliphatic heterocycles. The molecule has 0 radical (unpaired) electrons. The molecule has 1 N–H and O–H groups in total. The number of ether oxygens (including phenoxy) is 2. The second-order valence-corrected chi connectivity index (χ2v) is 8.89. The average molecular weight is 439 g/mol. The Morgan fingerprint density at radius 1 is 0.727 bits per heavy atom. The number of fused-ring (bicyclic) bond motifs is 7. The number of hydrogen-bond donors (Lipinski definition) is 1. The molecule has 166 valence electrons. The van der Waals surface area contributed by atoms with E-state index >= 15 is 0 Å². The van der Waals surface area contributed by atoms with Gasteiger partial charge in [-0.05, 0) is 18.2 Å². The predicted octanol–water partition coefficient (Wildman–Crippen LogP) is 4.65. The van der Waals surface area contributed by atoms with Gasteiger partial charge in [0.1, 0.15) is 0 Å². The third kappa shape index (κ3) is 2.98. The Balaban J connectivity index is 1.65. The van der Waals surface area contributed by atoms with Crippen molar-refractivity contribution in [1.82, 2.24) is 9.97 Å². The van der Waals surface area contributed by atoms with E-state index in [0.717, 1.165) is 74.9 Å². The van der Waals surface area contributed by atoms with E-state index in [1.807, 2.05) is 0 Å². The van der Waals surface area contributed by atoms with Crippen LogP contribution in [0.5, 0.6) is 0 Å². The van der Waals surface area contributed by atoms with Crippen LogP contribution in [-0.4, -0.2) is 62.6 Å². The van der Waals surface area contributed by atoms with Gasteiger partial charge in [-0.3, -0.25) is 0 Å². The highest BCUT2D eigenvalue weighted by atomic mass is 16.5. The first-order chi connectivity index (χ1) is 16.4. The summed E-state index contributed by atoms with van der Waals surface area (Å²) >= 11 is 0. The molecule has 2 saturated heterocycles. The summed E-state index contributed by atoms with van der Waals surface area (Å²) in [5, 5.41) is 3.70. The first-order valence-corrected chi connectivity index (χ1v) is 11.8. The van der Waals surface area contributed by atoms with Gasteiger partial charge >= 0.3 is 0 Å². The van der Waals surface area contributed by atoms with Crippen molar-refractivity contribution in [3.8, 4) is 11.3 Å². The molecule has 7 rings (SSSR count). The molecule has 0 amide bonds. The second-order valence-electron chi connectivity index (χ2n) is 8.89. The summed E-state index contributed by atoms with van der Waals surface area (Å²) in [6.07, 6.45) is 0. The molecule has 6 heteroatoms.